The second kappa shape index (κ2) is 5.08. The van der Waals surface area contributed by atoms with Gasteiger partial charge in [-0.15, -0.1) is 5.92 Å². The van der Waals surface area contributed by atoms with E-state index in [1.807, 2.05) is 6.92 Å². The molecule has 0 spiro atoms. The Labute approximate surface area is 92.5 Å². The summed E-state index contributed by atoms with van der Waals surface area (Å²) >= 11 is 7.19. The Hall–Kier alpha value is -0.920. The summed E-state index contributed by atoms with van der Waals surface area (Å²) < 4.78 is 0. The van der Waals surface area contributed by atoms with Crippen LogP contribution in [-0.4, -0.2) is 15.7 Å². The summed E-state index contributed by atoms with van der Waals surface area (Å²) in [6.45, 7) is 3.67. The Morgan fingerprint density at radius 1 is 1.50 bits per heavy atom. The first-order valence-corrected chi connectivity index (χ1v) is 5.33. The molecule has 1 aromatic rings. The highest BCUT2D eigenvalue weighted by Gasteiger charge is 2.06. The van der Waals surface area contributed by atoms with Crippen molar-refractivity contribution in [3.05, 3.63) is 10.8 Å². The van der Waals surface area contributed by atoms with Crippen molar-refractivity contribution >= 4 is 29.2 Å². The number of hydrogen-bond acceptors (Lipinski definition) is 4. The van der Waals surface area contributed by atoms with Gasteiger partial charge < -0.3 is 5.73 Å². The van der Waals surface area contributed by atoms with Crippen molar-refractivity contribution in [3.63, 3.8) is 0 Å². The van der Waals surface area contributed by atoms with Gasteiger partial charge in [0.15, 0.2) is 0 Å². The molecule has 0 atom stereocenters. The van der Waals surface area contributed by atoms with E-state index in [2.05, 4.69) is 21.8 Å². The standard InChI is InChI=1S/C9H10ClN3S/c1-3-4-5-14-8-6(2)7(11)12-9(10)13-8/h5H2,1-2H3,(H2,11,12,13). The van der Waals surface area contributed by atoms with E-state index in [1.165, 1.54) is 11.8 Å². The summed E-state index contributed by atoms with van der Waals surface area (Å²) in [5.74, 6) is 6.85. The minimum Gasteiger partial charge on any atom is -0.383 e. The summed E-state index contributed by atoms with van der Waals surface area (Å²) in [5.41, 5.74) is 6.50. The third-order valence-corrected chi connectivity index (χ3v) is 2.70. The summed E-state index contributed by atoms with van der Waals surface area (Å²) in [7, 11) is 0. The molecule has 0 radical (unpaired) electrons. The average Bonchev–Trinajstić information content (AvgIpc) is 2.13. The molecule has 1 heterocycles. The fourth-order valence-electron chi connectivity index (χ4n) is 0.803. The van der Waals surface area contributed by atoms with Crippen molar-refractivity contribution in [3.8, 4) is 11.8 Å². The largest absolute Gasteiger partial charge is 0.383 e. The second-order valence-electron chi connectivity index (χ2n) is 2.52. The maximum atomic E-state index is 5.68. The molecule has 0 unspecified atom stereocenters. The molecular weight excluding hydrogens is 218 g/mol. The molecule has 1 aromatic heterocycles. The molecule has 0 aromatic carbocycles. The predicted octanol–water partition coefficient (Wildman–Crippen LogP) is 2.14. The van der Waals surface area contributed by atoms with Gasteiger partial charge in [0.25, 0.3) is 0 Å². The highest BCUT2D eigenvalue weighted by molar-refractivity contribution is 7.99. The second-order valence-corrected chi connectivity index (χ2v) is 3.83. The van der Waals surface area contributed by atoms with Crippen LogP contribution in [0.1, 0.15) is 12.5 Å². The van der Waals surface area contributed by atoms with Crippen LogP contribution in [0.25, 0.3) is 0 Å². The van der Waals surface area contributed by atoms with Crippen molar-refractivity contribution in [2.45, 2.75) is 18.9 Å². The van der Waals surface area contributed by atoms with Gasteiger partial charge in [0.1, 0.15) is 10.8 Å². The lowest BCUT2D eigenvalue weighted by Crippen LogP contribution is -1.99. The molecule has 1 rings (SSSR count). The minimum atomic E-state index is 0.181. The maximum absolute atomic E-state index is 5.68. The van der Waals surface area contributed by atoms with Gasteiger partial charge in [-0.05, 0) is 25.4 Å². The van der Waals surface area contributed by atoms with E-state index in [0.717, 1.165) is 10.6 Å². The molecule has 14 heavy (non-hydrogen) atoms. The number of aromatic nitrogens is 2. The number of nitrogen functional groups attached to an aromatic ring is 1. The van der Waals surface area contributed by atoms with Crippen LogP contribution in [0.2, 0.25) is 5.28 Å². The van der Waals surface area contributed by atoms with Crippen LogP contribution in [0.4, 0.5) is 5.82 Å². The Morgan fingerprint density at radius 3 is 2.86 bits per heavy atom. The number of rotatable bonds is 2. The van der Waals surface area contributed by atoms with E-state index in [1.54, 1.807) is 6.92 Å². The van der Waals surface area contributed by atoms with E-state index < -0.39 is 0 Å². The molecule has 3 nitrogen and oxygen atoms in total. The van der Waals surface area contributed by atoms with Crippen molar-refractivity contribution in [2.24, 2.45) is 0 Å². The van der Waals surface area contributed by atoms with Crippen LogP contribution in [0.3, 0.4) is 0 Å². The first-order valence-electron chi connectivity index (χ1n) is 3.97. The topological polar surface area (TPSA) is 51.8 Å². The summed E-state index contributed by atoms with van der Waals surface area (Å²) in [6, 6.07) is 0. The third-order valence-electron chi connectivity index (χ3n) is 1.57. The normalized spacial score (nSPS) is 9.36. The van der Waals surface area contributed by atoms with E-state index >= 15 is 0 Å². The zero-order valence-electron chi connectivity index (χ0n) is 7.97. The fraction of sp³-hybridized carbons (Fsp3) is 0.333. The Balaban J connectivity index is 2.88. The molecule has 0 saturated heterocycles. The number of thioether (sulfide) groups is 1. The highest BCUT2D eigenvalue weighted by atomic mass is 35.5. The van der Waals surface area contributed by atoms with Gasteiger partial charge in [0, 0.05) is 5.56 Å². The highest BCUT2D eigenvalue weighted by Crippen LogP contribution is 2.24. The third kappa shape index (κ3) is 2.79. The van der Waals surface area contributed by atoms with Crippen LogP contribution >= 0.6 is 23.4 Å². The van der Waals surface area contributed by atoms with E-state index in [-0.39, 0.29) is 5.28 Å². The zero-order chi connectivity index (χ0) is 10.6. The van der Waals surface area contributed by atoms with Gasteiger partial charge in [-0.1, -0.05) is 17.7 Å². The summed E-state index contributed by atoms with van der Waals surface area (Å²) in [5, 5.41) is 0.977. The molecular formula is C9H10ClN3S. The van der Waals surface area contributed by atoms with Crippen molar-refractivity contribution in [2.75, 3.05) is 11.5 Å². The number of hydrogen-bond donors (Lipinski definition) is 1. The van der Waals surface area contributed by atoms with Gasteiger partial charge in [0.05, 0.1) is 5.75 Å². The van der Waals surface area contributed by atoms with E-state index in [4.69, 9.17) is 17.3 Å². The smallest absolute Gasteiger partial charge is 0.225 e. The number of nitrogens with zero attached hydrogens (tertiary/aromatic N) is 2. The molecule has 0 saturated carbocycles. The van der Waals surface area contributed by atoms with Gasteiger partial charge in [-0.3, -0.25) is 0 Å². The summed E-state index contributed by atoms with van der Waals surface area (Å²) in [4.78, 5) is 7.92. The fourth-order valence-corrected chi connectivity index (χ4v) is 1.85. The molecule has 0 aliphatic heterocycles. The number of nitrogens with two attached hydrogens (primary N) is 1. The lowest BCUT2D eigenvalue weighted by molar-refractivity contribution is 1.02. The van der Waals surface area contributed by atoms with E-state index in [0.29, 0.717) is 11.6 Å². The molecule has 0 aliphatic rings. The van der Waals surface area contributed by atoms with Gasteiger partial charge in [-0.25, -0.2) is 9.97 Å². The molecule has 0 amide bonds. The minimum absolute atomic E-state index is 0.181. The van der Waals surface area contributed by atoms with Crippen molar-refractivity contribution < 1.29 is 0 Å². The van der Waals surface area contributed by atoms with Crippen molar-refractivity contribution in [1.29, 1.82) is 0 Å². The first kappa shape index (κ1) is 11.2. The van der Waals surface area contributed by atoms with Crippen molar-refractivity contribution in [1.82, 2.24) is 9.97 Å². The van der Waals surface area contributed by atoms with Gasteiger partial charge in [-0.2, -0.15) is 0 Å². The summed E-state index contributed by atoms with van der Waals surface area (Å²) in [6.07, 6.45) is 0. The Kier molecular flexibility index (Phi) is 4.05. The average molecular weight is 228 g/mol. The quantitative estimate of drug-likeness (QED) is 0.364. The van der Waals surface area contributed by atoms with Crippen LogP contribution in [0, 0.1) is 18.8 Å². The molecule has 2 N–H and O–H groups in total. The molecule has 5 heteroatoms. The number of anilines is 1. The Morgan fingerprint density at radius 2 is 2.21 bits per heavy atom. The monoisotopic (exact) mass is 227 g/mol. The van der Waals surface area contributed by atoms with Crippen LogP contribution in [-0.2, 0) is 0 Å². The van der Waals surface area contributed by atoms with Crippen LogP contribution < -0.4 is 5.73 Å². The van der Waals surface area contributed by atoms with Crippen LogP contribution in [0.15, 0.2) is 5.03 Å². The predicted molar refractivity (Wildman–Crippen MR) is 60.4 cm³/mol. The SMILES string of the molecule is CC#CCSc1nc(Cl)nc(N)c1C. The molecule has 0 bridgehead atoms. The first-order chi connectivity index (χ1) is 6.65. The number of halogens is 1. The zero-order valence-corrected chi connectivity index (χ0v) is 9.54. The molecule has 0 aliphatic carbocycles. The maximum Gasteiger partial charge on any atom is 0.225 e. The van der Waals surface area contributed by atoms with Gasteiger partial charge in [0.2, 0.25) is 5.28 Å². The molecule has 0 fully saturated rings. The van der Waals surface area contributed by atoms with Gasteiger partial charge >= 0.3 is 0 Å². The lowest BCUT2D eigenvalue weighted by Gasteiger charge is -2.04. The van der Waals surface area contributed by atoms with Crippen LogP contribution in [0.5, 0.6) is 0 Å². The van der Waals surface area contributed by atoms with E-state index in [9.17, 15) is 0 Å². The lowest BCUT2D eigenvalue weighted by atomic mass is 10.3. The molecule has 74 valence electrons. The Bertz CT molecular complexity index is 395.